The van der Waals surface area contributed by atoms with E-state index in [0.29, 0.717) is 35.9 Å². The van der Waals surface area contributed by atoms with Crippen LogP contribution >= 0.6 is 0 Å². The highest BCUT2D eigenvalue weighted by atomic mass is 16.2. The lowest BCUT2D eigenvalue weighted by Gasteiger charge is -2.30. The van der Waals surface area contributed by atoms with E-state index in [9.17, 15) is 9.59 Å². The third kappa shape index (κ3) is 7.99. The Labute approximate surface area is 290 Å². The molecule has 1 saturated carbocycles. The third-order valence-electron chi connectivity index (χ3n) is 10.0. The maximum Gasteiger partial charge on any atom is 0.256 e. The van der Waals surface area contributed by atoms with E-state index in [2.05, 4.69) is 35.6 Å². The number of nitrogens with one attached hydrogen (secondary N) is 2. The van der Waals surface area contributed by atoms with Gasteiger partial charge in [-0.3, -0.25) is 9.59 Å². The number of hydrogen-bond donors (Lipinski definition) is 2. The topological polar surface area (TPSA) is 103 Å². The van der Waals surface area contributed by atoms with Gasteiger partial charge in [-0.15, -0.1) is 0 Å². The number of carbonyl (C=O) groups is 2. The molecule has 2 N–H and O–H groups in total. The fraction of sp³-hybridized carbons (Fsp3) is 0.425. The molecular formula is C40H49N7O2. The second-order valence-corrected chi connectivity index (χ2v) is 14.2. The number of hydrogen-bond acceptors (Lipinski definition) is 8. The van der Waals surface area contributed by atoms with Crippen LogP contribution in [0.15, 0.2) is 84.0 Å². The molecule has 1 amide bonds. The highest BCUT2D eigenvalue weighted by molar-refractivity contribution is 6.15. The number of aromatic nitrogens is 2. The monoisotopic (exact) mass is 659 g/mol. The summed E-state index contributed by atoms with van der Waals surface area (Å²) in [6.07, 6.45) is 4.50. The predicted molar refractivity (Wildman–Crippen MR) is 200 cm³/mol. The van der Waals surface area contributed by atoms with Gasteiger partial charge in [-0.05, 0) is 93.3 Å². The van der Waals surface area contributed by atoms with Crippen molar-refractivity contribution in [2.24, 2.45) is 22.9 Å². The minimum atomic E-state index is -0.458. The summed E-state index contributed by atoms with van der Waals surface area (Å²) in [5, 5.41) is 14.5. The van der Waals surface area contributed by atoms with Crippen LogP contribution in [-0.2, 0) is 4.79 Å². The summed E-state index contributed by atoms with van der Waals surface area (Å²) in [5.74, 6) is 1.82. The molecule has 1 fully saturated rings. The molecule has 2 atom stereocenters. The van der Waals surface area contributed by atoms with Gasteiger partial charge >= 0.3 is 0 Å². The second kappa shape index (κ2) is 15.3. The van der Waals surface area contributed by atoms with Gasteiger partial charge in [0.2, 0.25) is 5.95 Å². The van der Waals surface area contributed by atoms with Crippen LogP contribution in [0, 0.1) is 17.8 Å². The lowest BCUT2D eigenvalue weighted by molar-refractivity contribution is -0.120. The number of benzene rings is 3. The molecule has 49 heavy (non-hydrogen) atoms. The van der Waals surface area contributed by atoms with Gasteiger partial charge in [0.05, 0.1) is 17.1 Å². The summed E-state index contributed by atoms with van der Waals surface area (Å²) in [4.78, 5) is 39.1. The van der Waals surface area contributed by atoms with E-state index in [-0.39, 0.29) is 24.0 Å². The molecule has 2 unspecified atom stereocenters. The molecule has 1 aromatic heterocycles. The Balaban J connectivity index is 1.08. The first-order valence-electron chi connectivity index (χ1n) is 17.7. The lowest BCUT2D eigenvalue weighted by atomic mass is 9.82. The van der Waals surface area contributed by atoms with Crippen LogP contribution in [0.25, 0.3) is 10.9 Å². The molecular weight excluding hydrogens is 610 g/mol. The second-order valence-electron chi connectivity index (χ2n) is 14.2. The Bertz CT molecular complexity index is 1780. The summed E-state index contributed by atoms with van der Waals surface area (Å²) < 4.78 is 0. The average Bonchev–Trinajstić information content (AvgIpc) is 3.41. The van der Waals surface area contributed by atoms with Crippen LogP contribution in [0.2, 0.25) is 0 Å². The van der Waals surface area contributed by atoms with Gasteiger partial charge in [-0.2, -0.15) is 10.1 Å². The molecule has 9 nitrogen and oxygen atoms in total. The van der Waals surface area contributed by atoms with Crippen molar-refractivity contribution in [3.05, 3.63) is 90.0 Å². The van der Waals surface area contributed by atoms with Crippen LogP contribution in [0.5, 0.6) is 0 Å². The van der Waals surface area contributed by atoms with E-state index < -0.39 is 5.92 Å². The van der Waals surface area contributed by atoms with E-state index in [1.54, 1.807) is 0 Å². The fourth-order valence-electron chi connectivity index (χ4n) is 7.23. The highest BCUT2D eigenvalue weighted by Gasteiger charge is 2.40. The Morgan fingerprint density at radius 2 is 1.61 bits per heavy atom. The molecule has 0 spiro atoms. The Kier molecular flexibility index (Phi) is 10.7. The summed E-state index contributed by atoms with van der Waals surface area (Å²) in [7, 11) is 4.02. The van der Waals surface area contributed by atoms with Crippen LogP contribution in [-0.4, -0.2) is 60.6 Å². The van der Waals surface area contributed by atoms with Gasteiger partial charge in [-0.1, -0.05) is 68.4 Å². The summed E-state index contributed by atoms with van der Waals surface area (Å²) in [6, 6.07) is 25.9. The Hall–Kier alpha value is -4.63. The molecule has 4 aromatic rings. The first-order valence-corrected chi connectivity index (χ1v) is 17.7. The van der Waals surface area contributed by atoms with Gasteiger partial charge in [0, 0.05) is 43.2 Å². The molecule has 256 valence electrons. The van der Waals surface area contributed by atoms with Crippen molar-refractivity contribution in [3.63, 3.8) is 0 Å². The zero-order valence-electron chi connectivity index (χ0n) is 29.4. The summed E-state index contributed by atoms with van der Waals surface area (Å²) in [5.41, 5.74) is 4.33. The van der Waals surface area contributed by atoms with Gasteiger partial charge < -0.3 is 15.5 Å². The summed E-state index contributed by atoms with van der Waals surface area (Å²) >= 11 is 0. The molecule has 3 aromatic carbocycles. The van der Waals surface area contributed by atoms with E-state index in [1.807, 2.05) is 98.7 Å². The van der Waals surface area contributed by atoms with E-state index >= 15 is 0 Å². The number of fused-ring (bicyclic) bond motifs is 1. The van der Waals surface area contributed by atoms with Crippen LogP contribution in [0.4, 0.5) is 17.5 Å². The van der Waals surface area contributed by atoms with Crippen molar-refractivity contribution in [1.29, 1.82) is 0 Å². The number of anilines is 3. The smallest absolute Gasteiger partial charge is 0.256 e. The van der Waals surface area contributed by atoms with Crippen molar-refractivity contribution >= 4 is 45.8 Å². The normalized spacial score (nSPS) is 20.0. The zero-order valence-corrected chi connectivity index (χ0v) is 29.4. The first kappa shape index (κ1) is 34.2. The van der Waals surface area contributed by atoms with Crippen LogP contribution in [0.1, 0.15) is 74.7 Å². The quantitative estimate of drug-likeness (QED) is 0.145. The van der Waals surface area contributed by atoms with Crippen molar-refractivity contribution < 1.29 is 9.59 Å². The lowest BCUT2D eigenvalue weighted by Crippen LogP contribution is -2.40. The van der Waals surface area contributed by atoms with Gasteiger partial charge in [-0.25, -0.2) is 9.99 Å². The van der Waals surface area contributed by atoms with Crippen molar-refractivity contribution in [2.75, 3.05) is 42.4 Å². The molecule has 0 radical (unpaired) electrons. The van der Waals surface area contributed by atoms with Gasteiger partial charge in [0.15, 0.2) is 5.78 Å². The molecule has 1 aliphatic carbocycles. The van der Waals surface area contributed by atoms with E-state index in [0.717, 1.165) is 60.3 Å². The number of hydrazone groups is 1. The fourth-order valence-corrected chi connectivity index (χ4v) is 7.23. The molecule has 0 saturated heterocycles. The van der Waals surface area contributed by atoms with E-state index in [1.165, 1.54) is 10.6 Å². The van der Waals surface area contributed by atoms with Crippen molar-refractivity contribution in [1.82, 2.24) is 15.3 Å². The van der Waals surface area contributed by atoms with Gasteiger partial charge in [0.1, 0.15) is 5.82 Å². The standard InChI is InChI=1S/C40H49N7O2/c1-26(2)29-17-19-30(20-18-29)36(48)23-31(37-27(3)45-47(39(37)49)33-11-7-6-8-12-33)25-41-24-28-15-21-32(22-16-28)42-40-43-35-14-10-9-13-34(35)38(44-40)46(4)5/h6-14,17-20,26,28,31-32,37,41H,15-16,21-25H2,1-5H3,(H,42,43,44). The number of para-hydroxylation sites is 2. The van der Waals surface area contributed by atoms with Crippen LogP contribution in [0.3, 0.4) is 0 Å². The Morgan fingerprint density at radius 1 is 0.918 bits per heavy atom. The van der Waals surface area contributed by atoms with Crippen LogP contribution < -0.4 is 20.5 Å². The molecule has 9 heteroatoms. The zero-order chi connectivity index (χ0) is 34.5. The van der Waals surface area contributed by atoms with E-state index in [4.69, 9.17) is 9.97 Å². The molecule has 2 aliphatic rings. The maximum atomic E-state index is 13.8. The number of carbonyl (C=O) groups excluding carboxylic acids is 2. The number of amides is 1. The third-order valence-corrected chi connectivity index (χ3v) is 10.0. The van der Waals surface area contributed by atoms with Crippen molar-refractivity contribution in [3.8, 4) is 0 Å². The average molecular weight is 660 g/mol. The molecule has 2 heterocycles. The molecule has 6 rings (SSSR count). The minimum Gasteiger partial charge on any atom is -0.362 e. The maximum absolute atomic E-state index is 13.8. The Morgan fingerprint density at radius 3 is 2.31 bits per heavy atom. The first-order chi connectivity index (χ1) is 23.7. The minimum absolute atomic E-state index is 0.0563. The highest BCUT2D eigenvalue weighted by Crippen LogP contribution is 2.32. The number of Topliss-reactive ketones (excluding diaryl/α,β-unsaturated/α-hetero) is 1. The predicted octanol–water partition coefficient (Wildman–Crippen LogP) is 7.31. The molecule has 0 bridgehead atoms. The molecule has 1 aliphatic heterocycles. The largest absolute Gasteiger partial charge is 0.362 e. The number of ketones is 1. The van der Waals surface area contributed by atoms with Gasteiger partial charge in [0.25, 0.3) is 5.91 Å². The number of nitrogens with zero attached hydrogens (tertiary/aromatic N) is 5. The number of rotatable bonds is 13. The van der Waals surface area contributed by atoms with Crippen molar-refractivity contribution in [2.45, 2.75) is 64.8 Å². The summed E-state index contributed by atoms with van der Waals surface area (Å²) in [6.45, 7) is 7.62. The SMILES string of the molecule is CC1=NN(c2ccccc2)C(=O)C1C(CNCC1CCC(Nc2nc(N(C)C)c3ccccc3n2)CC1)CC(=O)c1ccc(C(C)C)cc1.